The molecule has 4 N–H and O–H groups in total. The topological polar surface area (TPSA) is 92.4 Å². The molecule has 2 aromatic rings. The number of hydrogen-bond acceptors (Lipinski definition) is 4. The third-order valence-electron chi connectivity index (χ3n) is 2.96. The first kappa shape index (κ1) is 14.4. The van der Waals surface area contributed by atoms with Crippen molar-refractivity contribution in [1.29, 1.82) is 0 Å². The van der Waals surface area contributed by atoms with E-state index in [1.807, 2.05) is 19.1 Å². The lowest BCUT2D eigenvalue weighted by Gasteiger charge is -2.16. The fourth-order valence-electron chi connectivity index (χ4n) is 1.84. The highest BCUT2D eigenvalue weighted by Gasteiger charge is 2.08. The lowest BCUT2D eigenvalue weighted by Crippen LogP contribution is -2.12. The molecule has 5 nitrogen and oxygen atoms in total. The third-order valence-corrected chi connectivity index (χ3v) is 3.89. The molecule has 1 unspecified atom stereocenters. The molecule has 106 valence electrons. The summed E-state index contributed by atoms with van der Waals surface area (Å²) in [5.41, 5.74) is 1.80. The molecule has 2 rings (SSSR count). The minimum absolute atomic E-state index is 0.0240. The van der Waals surface area contributed by atoms with E-state index in [1.54, 1.807) is 24.3 Å². The van der Waals surface area contributed by atoms with Crippen LogP contribution in [-0.4, -0.2) is 13.5 Å². The van der Waals surface area contributed by atoms with Crippen LogP contribution >= 0.6 is 0 Å². The van der Waals surface area contributed by atoms with Crippen LogP contribution in [0.5, 0.6) is 5.75 Å². The van der Waals surface area contributed by atoms with Crippen LogP contribution in [0.1, 0.15) is 18.5 Å². The Morgan fingerprint density at radius 3 is 2.10 bits per heavy atom. The number of sulfonamides is 1. The number of phenolic OH excluding ortho intramolecular Hbond substituents is 1. The van der Waals surface area contributed by atoms with Crippen molar-refractivity contribution in [2.75, 3.05) is 5.32 Å². The van der Waals surface area contributed by atoms with Crippen molar-refractivity contribution in [3.63, 3.8) is 0 Å². The van der Waals surface area contributed by atoms with Gasteiger partial charge < -0.3 is 10.4 Å². The van der Waals surface area contributed by atoms with Crippen LogP contribution in [0.3, 0.4) is 0 Å². The van der Waals surface area contributed by atoms with Crippen molar-refractivity contribution in [3.8, 4) is 5.75 Å². The number of rotatable bonds is 4. The molecule has 0 radical (unpaired) electrons. The van der Waals surface area contributed by atoms with E-state index in [1.165, 1.54) is 12.1 Å². The molecule has 0 amide bonds. The number of nitrogens with two attached hydrogens (primary N) is 1. The molecule has 0 saturated heterocycles. The van der Waals surface area contributed by atoms with Crippen LogP contribution in [-0.2, 0) is 10.0 Å². The number of benzene rings is 2. The minimum atomic E-state index is -3.66. The zero-order valence-corrected chi connectivity index (χ0v) is 11.8. The zero-order valence-electron chi connectivity index (χ0n) is 10.9. The van der Waals surface area contributed by atoms with Crippen molar-refractivity contribution >= 4 is 15.7 Å². The van der Waals surface area contributed by atoms with Gasteiger partial charge in [-0.3, -0.25) is 0 Å². The van der Waals surface area contributed by atoms with Gasteiger partial charge >= 0.3 is 0 Å². The smallest absolute Gasteiger partial charge is 0.238 e. The average Bonchev–Trinajstić information content (AvgIpc) is 2.39. The Bertz CT molecular complexity index is 679. The summed E-state index contributed by atoms with van der Waals surface area (Å²) in [6, 6.07) is 13.2. The first-order chi connectivity index (χ1) is 9.36. The van der Waals surface area contributed by atoms with Crippen LogP contribution in [0.2, 0.25) is 0 Å². The predicted molar refractivity (Wildman–Crippen MR) is 78.0 cm³/mol. The molecule has 0 aliphatic rings. The third kappa shape index (κ3) is 3.49. The molecule has 0 spiro atoms. The monoisotopic (exact) mass is 292 g/mol. The largest absolute Gasteiger partial charge is 0.508 e. The Hall–Kier alpha value is -2.05. The Kier molecular flexibility index (Phi) is 3.96. The first-order valence-corrected chi connectivity index (χ1v) is 7.59. The Labute approximate surface area is 118 Å². The summed E-state index contributed by atoms with van der Waals surface area (Å²) < 4.78 is 22.3. The van der Waals surface area contributed by atoms with E-state index in [4.69, 9.17) is 5.14 Å². The second-order valence-electron chi connectivity index (χ2n) is 4.53. The summed E-state index contributed by atoms with van der Waals surface area (Å²) in [7, 11) is -3.66. The summed E-state index contributed by atoms with van der Waals surface area (Å²) in [6.07, 6.45) is 0. The molecule has 0 heterocycles. The van der Waals surface area contributed by atoms with E-state index < -0.39 is 10.0 Å². The van der Waals surface area contributed by atoms with Crippen LogP contribution in [0.4, 0.5) is 5.69 Å². The van der Waals surface area contributed by atoms with Gasteiger partial charge in [-0.2, -0.15) is 0 Å². The molecule has 6 heteroatoms. The average molecular weight is 292 g/mol. The van der Waals surface area contributed by atoms with E-state index >= 15 is 0 Å². The fraction of sp³-hybridized carbons (Fsp3) is 0.143. The number of anilines is 1. The summed E-state index contributed by atoms with van der Waals surface area (Å²) >= 11 is 0. The lowest BCUT2D eigenvalue weighted by molar-refractivity contribution is 0.475. The highest BCUT2D eigenvalue weighted by Crippen LogP contribution is 2.22. The molecule has 0 aliphatic carbocycles. The molecule has 1 atom stereocenters. The maximum atomic E-state index is 11.2. The zero-order chi connectivity index (χ0) is 14.8. The van der Waals surface area contributed by atoms with E-state index in [9.17, 15) is 13.5 Å². The molecule has 2 aromatic carbocycles. The summed E-state index contributed by atoms with van der Waals surface area (Å²) in [4.78, 5) is 0.0836. The van der Waals surface area contributed by atoms with Crippen molar-refractivity contribution < 1.29 is 13.5 Å². The molecular formula is C14H16N2O3S. The van der Waals surface area contributed by atoms with Gasteiger partial charge in [0.05, 0.1) is 4.90 Å². The predicted octanol–water partition coefficient (Wildman–Crippen LogP) is 2.21. The van der Waals surface area contributed by atoms with Gasteiger partial charge in [-0.25, -0.2) is 13.6 Å². The van der Waals surface area contributed by atoms with E-state index in [0.717, 1.165) is 11.3 Å². The molecule has 0 fully saturated rings. The summed E-state index contributed by atoms with van der Waals surface area (Å²) in [5.74, 6) is 0.221. The van der Waals surface area contributed by atoms with Gasteiger partial charge in [-0.15, -0.1) is 0 Å². The Balaban J connectivity index is 2.12. The highest BCUT2D eigenvalue weighted by molar-refractivity contribution is 7.89. The fourth-order valence-corrected chi connectivity index (χ4v) is 2.35. The maximum Gasteiger partial charge on any atom is 0.238 e. The van der Waals surface area contributed by atoms with Gasteiger partial charge in [-0.05, 0) is 48.9 Å². The molecule has 0 aliphatic heterocycles. The van der Waals surface area contributed by atoms with Crippen LogP contribution in [0.25, 0.3) is 0 Å². The number of phenols is 1. The Morgan fingerprint density at radius 2 is 1.60 bits per heavy atom. The van der Waals surface area contributed by atoms with Gasteiger partial charge in [0.1, 0.15) is 5.75 Å². The quantitative estimate of drug-likeness (QED) is 0.805. The number of hydrogen-bond donors (Lipinski definition) is 3. The normalized spacial score (nSPS) is 12.9. The van der Waals surface area contributed by atoms with E-state index in [-0.39, 0.29) is 16.7 Å². The molecular weight excluding hydrogens is 276 g/mol. The van der Waals surface area contributed by atoms with E-state index in [0.29, 0.717) is 0 Å². The molecule has 0 bridgehead atoms. The second kappa shape index (κ2) is 5.52. The van der Waals surface area contributed by atoms with Gasteiger partial charge in [0.25, 0.3) is 0 Å². The minimum Gasteiger partial charge on any atom is -0.508 e. The number of aromatic hydroxyl groups is 1. The summed E-state index contributed by atoms with van der Waals surface area (Å²) in [6.45, 7) is 1.97. The van der Waals surface area contributed by atoms with Crippen molar-refractivity contribution in [3.05, 3.63) is 54.1 Å². The van der Waals surface area contributed by atoms with Gasteiger partial charge in [-0.1, -0.05) is 12.1 Å². The highest BCUT2D eigenvalue weighted by atomic mass is 32.2. The van der Waals surface area contributed by atoms with Crippen molar-refractivity contribution in [1.82, 2.24) is 0 Å². The van der Waals surface area contributed by atoms with Crippen molar-refractivity contribution in [2.24, 2.45) is 5.14 Å². The number of primary sulfonamides is 1. The molecule has 20 heavy (non-hydrogen) atoms. The number of nitrogens with one attached hydrogen (secondary N) is 1. The second-order valence-corrected chi connectivity index (χ2v) is 6.09. The van der Waals surface area contributed by atoms with Crippen molar-refractivity contribution in [2.45, 2.75) is 17.9 Å². The van der Waals surface area contributed by atoms with Gasteiger partial charge in [0, 0.05) is 11.7 Å². The van der Waals surface area contributed by atoms with Crippen LogP contribution < -0.4 is 10.5 Å². The standard InChI is InChI=1S/C14H16N2O3S/c1-10(11-2-6-13(17)7-3-11)16-12-4-8-14(9-5-12)20(15,18)19/h2-10,16-17H,1H3,(H2,15,18,19). The SMILES string of the molecule is CC(Nc1ccc(S(N)(=O)=O)cc1)c1ccc(O)cc1. The van der Waals surface area contributed by atoms with Crippen LogP contribution in [0.15, 0.2) is 53.4 Å². The van der Waals surface area contributed by atoms with Gasteiger partial charge in [0.15, 0.2) is 0 Å². The molecule has 0 saturated carbocycles. The van der Waals surface area contributed by atoms with E-state index in [2.05, 4.69) is 5.32 Å². The first-order valence-electron chi connectivity index (χ1n) is 6.04. The lowest BCUT2D eigenvalue weighted by atomic mass is 10.1. The van der Waals surface area contributed by atoms with Gasteiger partial charge in [0.2, 0.25) is 10.0 Å². The Morgan fingerprint density at radius 1 is 1.05 bits per heavy atom. The van der Waals surface area contributed by atoms with Crippen LogP contribution in [0, 0.1) is 0 Å². The maximum absolute atomic E-state index is 11.2. The molecule has 0 aromatic heterocycles. The summed E-state index contributed by atoms with van der Waals surface area (Å²) in [5, 5.41) is 17.5.